The molecule has 114 valence electrons. The minimum Gasteiger partial charge on any atom is -0.333 e. The third-order valence-corrected chi connectivity index (χ3v) is 3.60. The molecule has 0 aliphatic carbocycles. The van der Waals surface area contributed by atoms with E-state index < -0.39 is 0 Å². The van der Waals surface area contributed by atoms with Crippen molar-refractivity contribution in [2.75, 3.05) is 6.54 Å². The molecule has 3 heteroatoms. The molecule has 0 fully saturated rings. The second-order valence-electron chi connectivity index (χ2n) is 6.66. The molecule has 2 aromatic rings. The second-order valence-corrected chi connectivity index (χ2v) is 6.66. The summed E-state index contributed by atoms with van der Waals surface area (Å²) in [7, 11) is 0. The van der Waals surface area contributed by atoms with E-state index in [0.29, 0.717) is 0 Å². The Labute approximate surface area is 128 Å². The number of imidazole rings is 1. The summed E-state index contributed by atoms with van der Waals surface area (Å²) in [4.78, 5) is 4.44. The summed E-state index contributed by atoms with van der Waals surface area (Å²) in [5.41, 5.74) is 4.01. The Morgan fingerprint density at radius 1 is 1.14 bits per heavy atom. The van der Waals surface area contributed by atoms with E-state index in [1.54, 1.807) is 0 Å². The first kappa shape index (κ1) is 15.8. The molecule has 0 saturated carbocycles. The zero-order chi connectivity index (χ0) is 15.3. The fourth-order valence-electron chi connectivity index (χ4n) is 2.30. The molecule has 0 radical (unpaired) electrons. The van der Waals surface area contributed by atoms with Gasteiger partial charge in [0.25, 0.3) is 0 Å². The Hall–Kier alpha value is -1.61. The van der Waals surface area contributed by atoms with Gasteiger partial charge in [-0.15, -0.1) is 0 Å². The van der Waals surface area contributed by atoms with Crippen LogP contribution in [0, 0.1) is 0 Å². The van der Waals surface area contributed by atoms with Crippen molar-refractivity contribution in [3.05, 3.63) is 53.6 Å². The Balaban J connectivity index is 1.95. The van der Waals surface area contributed by atoms with E-state index in [4.69, 9.17) is 0 Å². The van der Waals surface area contributed by atoms with Gasteiger partial charge in [-0.05, 0) is 29.5 Å². The van der Waals surface area contributed by atoms with Gasteiger partial charge in [-0.2, -0.15) is 0 Å². The van der Waals surface area contributed by atoms with Crippen molar-refractivity contribution in [3.63, 3.8) is 0 Å². The van der Waals surface area contributed by atoms with Gasteiger partial charge in [0.15, 0.2) is 0 Å². The van der Waals surface area contributed by atoms with E-state index in [-0.39, 0.29) is 5.41 Å². The van der Waals surface area contributed by atoms with E-state index in [1.807, 2.05) is 6.33 Å². The molecule has 0 atom stereocenters. The normalized spacial score (nSPS) is 11.8. The number of nitrogens with one attached hydrogen (secondary N) is 1. The number of benzene rings is 1. The number of hydrogen-bond acceptors (Lipinski definition) is 2. The Kier molecular flexibility index (Phi) is 5.18. The van der Waals surface area contributed by atoms with Gasteiger partial charge in [-0.25, -0.2) is 4.98 Å². The van der Waals surface area contributed by atoms with Crippen LogP contribution in [0.15, 0.2) is 36.8 Å². The third kappa shape index (κ3) is 4.71. The highest BCUT2D eigenvalue weighted by Crippen LogP contribution is 2.22. The van der Waals surface area contributed by atoms with Crippen LogP contribution >= 0.6 is 0 Å². The van der Waals surface area contributed by atoms with Gasteiger partial charge in [-0.1, -0.05) is 52.0 Å². The number of aromatic nitrogens is 2. The summed E-state index contributed by atoms with van der Waals surface area (Å²) in [6.45, 7) is 11.7. The van der Waals surface area contributed by atoms with Gasteiger partial charge in [-0.3, -0.25) is 0 Å². The monoisotopic (exact) mass is 285 g/mol. The average molecular weight is 285 g/mol. The molecular formula is C18H27N3. The van der Waals surface area contributed by atoms with E-state index in [1.165, 1.54) is 11.1 Å². The van der Waals surface area contributed by atoms with Crippen molar-refractivity contribution in [1.82, 2.24) is 14.9 Å². The molecule has 0 saturated heterocycles. The number of rotatable bonds is 6. The second kappa shape index (κ2) is 6.90. The predicted molar refractivity (Wildman–Crippen MR) is 88.5 cm³/mol. The van der Waals surface area contributed by atoms with Crippen molar-refractivity contribution < 1.29 is 0 Å². The van der Waals surface area contributed by atoms with Gasteiger partial charge < -0.3 is 9.88 Å². The molecule has 1 N–H and O–H groups in total. The minimum absolute atomic E-state index is 0.214. The molecule has 1 heterocycles. The van der Waals surface area contributed by atoms with Gasteiger partial charge in [0.1, 0.15) is 0 Å². The first-order valence-corrected chi connectivity index (χ1v) is 7.80. The minimum atomic E-state index is 0.214. The van der Waals surface area contributed by atoms with Crippen LogP contribution in [0.1, 0.15) is 50.9 Å². The number of hydrogen-bond donors (Lipinski definition) is 1. The molecule has 0 bridgehead atoms. The molecule has 0 aliphatic rings. The Morgan fingerprint density at radius 3 is 2.48 bits per heavy atom. The highest BCUT2D eigenvalue weighted by molar-refractivity contribution is 5.27. The average Bonchev–Trinajstić information content (AvgIpc) is 2.86. The SMILES string of the molecule is CCCNCc1cn(Cc2ccc(C(C)(C)C)cc2)cn1. The van der Waals surface area contributed by atoms with Crippen LogP contribution in [0.3, 0.4) is 0 Å². The van der Waals surface area contributed by atoms with Gasteiger partial charge in [0.2, 0.25) is 0 Å². The first-order valence-electron chi connectivity index (χ1n) is 7.80. The van der Waals surface area contributed by atoms with Crippen LogP contribution in [0.5, 0.6) is 0 Å². The summed E-state index contributed by atoms with van der Waals surface area (Å²) in [5.74, 6) is 0. The Bertz CT molecular complexity index is 547. The van der Waals surface area contributed by atoms with E-state index >= 15 is 0 Å². The fraction of sp³-hybridized carbons (Fsp3) is 0.500. The maximum absolute atomic E-state index is 4.44. The quantitative estimate of drug-likeness (QED) is 0.820. The van der Waals surface area contributed by atoms with Crippen LogP contribution < -0.4 is 5.32 Å². The van der Waals surface area contributed by atoms with Gasteiger partial charge in [0, 0.05) is 19.3 Å². The molecule has 0 amide bonds. The van der Waals surface area contributed by atoms with Crippen LogP contribution in [0.2, 0.25) is 0 Å². The van der Waals surface area contributed by atoms with Crippen LogP contribution in [-0.4, -0.2) is 16.1 Å². The third-order valence-electron chi connectivity index (χ3n) is 3.60. The van der Waals surface area contributed by atoms with Crippen molar-refractivity contribution >= 4 is 0 Å². The van der Waals surface area contributed by atoms with Crippen molar-refractivity contribution in [2.45, 2.75) is 52.6 Å². The van der Waals surface area contributed by atoms with Crippen molar-refractivity contribution in [3.8, 4) is 0 Å². The molecule has 0 aliphatic heterocycles. The Morgan fingerprint density at radius 2 is 1.86 bits per heavy atom. The molecule has 0 spiro atoms. The lowest BCUT2D eigenvalue weighted by atomic mass is 9.87. The van der Waals surface area contributed by atoms with Crippen molar-refractivity contribution in [2.24, 2.45) is 0 Å². The van der Waals surface area contributed by atoms with E-state index in [0.717, 1.165) is 31.7 Å². The molecule has 21 heavy (non-hydrogen) atoms. The molecule has 1 aromatic heterocycles. The summed E-state index contributed by atoms with van der Waals surface area (Å²) >= 11 is 0. The smallest absolute Gasteiger partial charge is 0.0953 e. The topological polar surface area (TPSA) is 29.9 Å². The maximum atomic E-state index is 4.44. The lowest BCUT2D eigenvalue weighted by Gasteiger charge is -2.19. The van der Waals surface area contributed by atoms with Crippen LogP contribution in [0.4, 0.5) is 0 Å². The maximum Gasteiger partial charge on any atom is 0.0953 e. The highest BCUT2D eigenvalue weighted by atomic mass is 15.0. The van der Waals surface area contributed by atoms with E-state index in [9.17, 15) is 0 Å². The lowest BCUT2D eigenvalue weighted by Crippen LogP contribution is -2.13. The predicted octanol–water partition coefficient (Wildman–Crippen LogP) is 3.73. The summed E-state index contributed by atoms with van der Waals surface area (Å²) in [5, 5.41) is 3.38. The zero-order valence-electron chi connectivity index (χ0n) is 13.7. The van der Waals surface area contributed by atoms with E-state index in [2.05, 4.69) is 73.0 Å². The zero-order valence-corrected chi connectivity index (χ0v) is 13.7. The molecule has 2 rings (SSSR count). The summed E-state index contributed by atoms with van der Waals surface area (Å²) in [6.07, 6.45) is 5.20. The summed E-state index contributed by atoms with van der Waals surface area (Å²) in [6, 6.07) is 8.90. The van der Waals surface area contributed by atoms with Crippen molar-refractivity contribution in [1.29, 1.82) is 0 Å². The molecule has 0 unspecified atom stereocenters. The summed E-state index contributed by atoms with van der Waals surface area (Å²) < 4.78 is 2.15. The van der Waals surface area contributed by atoms with Crippen LogP contribution in [0.25, 0.3) is 0 Å². The highest BCUT2D eigenvalue weighted by Gasteiger charge is 2.12. The van der Waals surface area contributed by atoms with Gasteiger partial charge >= 0.3 is 0 Å². The molecule has 1 aromatic carbocycles. The molecule has 3 nitrogen and oxygen atoms in total. The lowest BCUT2D eigenvalue weighted by molar-refractivity contribution is 0.589. The largest absolute Gasteiger partial charge is 0.333 e. The number of nitrogens with zero attached hydrogens (tertiary/aromatic N) is 2. The first-order chi connectivity index (χ1) is 9.99. The standard InChI is InChI=1S/C18H27N3/c1-5-10-19-11-17-13-21(14-20-17)12-15-6-8-16(9-7-15)18(2,3)4/h6-9,13-14,19H,5,10-12H2,1-4H3. The van der Waals surface area contributed by atoms with Gasteiger partial charge in [0.05, 0.1) is 12.0 Å². The fourth-order valence-corrected chi connectivity index (χ4v) is 2.30. The van der Waals surface area contributed by atoms with Crippen LogP contribution in [-0.2, 0) is 18.5 Å². The molecular weight excluding hydrogens is 258 g/mol.